The zero-order valence-electron chi connectivity index (χ0n) is 9.36. The Hall–Kier alpha value is -1.62. The molecule has 88 valence electrons. The van der Waals surface area contributed by atoms with Crippen LogP contribution in [0.25, 0.3) is 0 Å². The van der Waals surface area contributed by atoms with Crippen molar-refractivity contribution in [1.82, 2.24) is 4.98 Å². The highest BCUT2D eigenvalue weighted by Gasteiger charge is 2.14. The van der Waals surface area contributed by atoms with Crippen molar-refractivity contribution in [3.8, 4) is 0 Å². The molecular formula is C12H10FNO2S. The molecule has 0 bridgehead atoms. The van der Waals surface area contributed by atoms with Gasteiger partial charge in [0.25, 0.3) is 5.22 Å². The van der Waals surface area contributed by atoms with Crippen LogP contribution in [0.15, 0.2) is 32.7 Å². The van der Waals surface area contributed by atoms with Gasteiger partial charge in [-0.15, -0.1) is 0 Å². The zero-order chi connectivity index (χ0) is 12.4. The molecule has 0 aliphatic heterocycles. The first kappa shape index (κ1) is 11.9. The number of aryl methyl sites for hydroxylation is 2. The van der Waals surface area contributed by atoms with Gasteiger partial charge >= 0.3 is 0 Å². The number of benzene rings is 1. The van der Waals surface area contributed by atoms with E-state index in [1.807, 2.05) is 6.92 Å². The number of hydrogen-bond donors (Lipinski definition) is 0. The first-order valence-corrected chi connectivity index (χ1v) is 5.79. The highest BCUT2D eigenvalue weighted by molar-refractivity contribution is 7.99. The minimum atomic E-state index is -0.451. The summed E-state index contributed by atoms with van der Waals surface area (Å²) in [4.78, 5) is 15.2. The standard InChI is InChI=1S/C12H10FNO2S/c1-7-8(2)16-12(14-7)17-11-9(6-15)4-3-5-10(11)13/h3-6H,1-2H3. The van der Waals surface area contributed by atoms with Crippen LogP contribution in [0.4, 0.5) is 4.39 Å². The third-order valence-electron chi connectivity index (χ3n) is 2.32. The SMILES string of the molecule is Cc1nc(Sc2c(F)cccc2C=O)oc1C. The van der Waals surface area contributed by atoms with E-state index >= 15 is 0 Å². The van der Waals surface area contributed by atoms with Crippen molar-refractivity contribution in [3.63, 3.8) is 0 Å². The Morgan fingerprint density at radius 3 is 2.76 bits per heavy atom. The molecule has 17 heavy (non-hydrogen) atoms. The minimum absolute atomic E-state index is 0.240. The summed E-state index contributed by atoms with van der Waals surface area (Å²) in [6, 6.07) is 4.36. The van der Waals surface area contributed by atoms with Crippen molar-refractivity contribution in [2.24, 2.45) is 0 Å². The second kappa shape index (κ2) is 4.71. The Morgan fingerprint density at radius 2 is 2.18 bits per heavy atom. The molecule has 2 rings (SSSR count). The van der Waals surface area contributed by atoms with Crippen molar-refractivity contribution >= 4 is 18.0 Å². The van der Waals surface area contributed by atoms with Gasteiger partial charge in [0.15, 0.2) is 6.29 Å². The molecule has 0 saturated carbocycles. The van der Waals surface area contributed by atoms with Gasteiger partial charge < -0.3 is 4.42 Å². The monoisotopic (exact) mass is 251 g/mol. The summed E-state index contributed by atoms with van der Waals surface area (Å²) in [7, 11) is 0. The predicted octanol–water partition coefficient (Wildman–Crippen LogP) is 3.39. The van der Waals surface area contributed by atoms with E-state index in [2.05, 4.69) is 4.98 Å². The van der Waals surface area contributed by atoms with Gasteiger partial charge in [-0.2, -0.15) is 0 Å². The van der Waals surface area contributed by atoms with Gasteiger partial charge in [0.05, 0.1) is 10.6 Å². The summed E-state index contributed by atoms with van der Waals surface area (Å²) >= 11 is 1.02. The van der Waals surface area contributed by atoms with E-state index in [1.54, 1.807) is 13.0 Å². The van der Waals surface area contributed by atoms with Gasteiger partial charge in [0.1, 0.15) is 11.6 Å². The molecule has 0 unspecified atom stereocenters. The lowest BCUT2D eigenvalue weighted by Gasteiger charge is -2.02. The number of aromatic nitrogens is 1. The molecule has 3 nitrogen and oxygen atoms in total. The number of hydrogen-bond acceptors (Lipinski definition) is 4. The van der Waals surface area contributed by atoms with E-state index < -0.39 is 5.82 Å². The second-order valence-corrected chi connectivity index (χ2v) is 4.46. The second-order valence-electron chi connectivity index (χ2n) is 3.50. The number of aldehydes is 1. The molecular weight excluding hydrogens is 241 g/mol. The van der Waals surface area contributed by atoms with Crippen molar-refractivity contribution in [2.45, 2.75) is 24.0 Å². The Balaban J connectivity index is 2.38. The fourth-order valence-electron chi connectivity index (χ4n) is 1.30. The quantitative estimate of drug-likeness (QED) is 0.784. The zero-order valence-corrected chi connectivity index (χ0v) is 10.2. The van der Waals surface area contributed by atoms with Crippen molar-refractivity contribution in [3.05, 3.63) is 41.0 Å². The topological polar surface area (TPSA) is 43.1 Å². The van der Waals surface area contributed by atoms with E-state index in [0.29, 0.717) is 22.8 Å². The molecule has 2 aromatic rings. The molecule has 1 aromatic heterocycles. The first-order valence-electron chi connectivity index (χ1n) is 4.97. The molecule has 0 radical (unpaired) electrons. The molecule has 0 atom stereocenters. The van der Waals surface area contributed by atoms with E-state index in [4.69, 9.17) is 4.42 Å². The first-order chi connectivity index (χ1) is 8.11. The highest BCUT2D eigenvalue weighted by Crippen LogP contribution is 2.32. The summed E-state index contributed by atoms with van der Waals surface area (Å²) in [5, 5.41) is 0.341. The van der Waals surface area contributed by atoms with Gasteiger partial charge in [-0.05, 0) is 31.7 Å². The van der Waals surface area contributed by atoms with Crippen molar-refractivity contribution in [2.75, 3.05) is 0 Å². The Morgan fingerprint density at radius 1 is 1.41 bits per heavy atom. The maximum atomic E-state index is 13.6. The van der Waals surface area contributed by atoms with E-state index in [9.17, 15) is 9.18 Å². The number of nitrogens with zero attached hydrogens (tertiary/aromatic N) is 1. The Bertz CT molecular complexity index is 546. The van der Waals surface area contributed by atoms with Crippen molar-refractivity contribution < 1.29 is 13.6 Å². The maximum absolute atomic E-state index is 13.6. The maximum Gasteiger partial charge on any atom is 0.261 e. The van der Waals surface area contributed by atoms with Crippen LogP contribution in [0.2, 0.25) is 0 Å². The van der Waals surface area contributed by atoms with Crippen LogP contribution in [0.1, 0.15) is 21.8 Å². The predicted molar refractivity (Wildman–Crippen MR) is 61.9 cm³/mol. The van der Waals surface area contributed by atoms with Crippen LogP contribution in [-0.4, -0.2) is 11.3 Å². The molecule has 0 fully saturated rings. The van der Waals surface area contributed by atoms with Gasteiger partial charge in [-0.3, -0.25) is 4.79 Å². The van der Waals surface area contributed by atoms with Crippen LogP contribution >= 0.6 is 11.8 Å². The van der Waals surface area contributed by atoms with Crippen LogP contribution in [-0.2, 0) is 0 Å². The summed E-state index contributed by atoms with van der Waals surface area (Å²) in [6.07, 6.45) is 0.619. The van der Waals surface area contributed by atoms with E-state index in [1.165, 1.54) is 12.1 Å². The molecule has 5 heteroatoms. The van der Waals surface area contributed by atoms with Crippen LogP contribution in [0.3, 0.4) is 0 Å². The fraction of sp³-hybridized carbons (Fsp3) is 0.167. The van der Waals surface area contributed by atoms with Crippen molar-refractivity contribution in [1.29, 1.82) is 0 Å². The van der Waals surface area contributed by atoms with E-state index in [-0.39, 0.29) is 4.90 Å². The lowest BCUT2D eigenvalue weighted by molar-refractivity contribution is 0.112. The minimum Gasteiger partial charge on any atom is -0.436 e. The number of halogens is 1. The third kappa shape index (κ3) is 2.39. The lowest BCUT2D eigenvalue weighted by atomic mass is 10.2. The van der Waals surface area contributed by atoms with Crippen LogP contribution in [0.5, 0.6) is 0 Å². The summed E-state index contributed by atoms with van der Waals surface area (Å²) in [5.41, 5.74) is 1.06. The van der Waals surface area contributed by atoms with E-state index in [0.717, 1.165) is 17.5 Å². The Kier molecular flexibility index (Phi) is 3.28. The summed E-state index contributed by atoms with van der Waals surface area (Å²) in [5.74, 6) is 0.240. The molecule has 0 amide bonds. The number of rotatable bonds is 3. The molecule has 0 aliphatic carbocycles. The van der Waals surface area contributed by atoms with Gasteiger partial charge in [0.2, 0.25) is 0 Å². The van der Waals surface area contributed by atoms with Crippen LogP contribution in [0, 0.1) is 19.7 Å². The number of carbonyl (C=O) groups excluding carboxylic acids is 1. The average Bonchev–Trinajstić information content (AvgIpc) is 2.61. The Labute approximate surface area is 102 Å². The molecule has 0 N–H and O–H groups in total. The highest BCUT2D eigenvalue weighted by atomic mass is 32.2. The van der Waals surface area contributed by atoms with Gasteiger partial charge in [-0.1, -0.05) is 12.1 Å². The van der Waals surface area contributed by atoms with Gasteiger partial charge in [0, 0.05) is 5.56 Å². The molecule has 0 saturated heterocycles. The largest absolute Gasteiger partial charge is 0.436 e. The molecule has 1 heterocycles. The summed E-state index contributed by atoms with van der Waals surface area (Å²) < 4.78 is 18.9. The lowest BCUT2D eigenvalue weighted by Crippen LogP contribution is -1.89. The van der Waals surface area contributed by atoms with Crippen LogP contribution < -0.4 is 0 Å². The molecule has 1 aromatic carbocycles. The molecule has 0 aliphatic rings. The normalized spacial score (nSPS) is 10.5. The number of oxazole rings is 1. The fourth-order valence-corrected chi connectivity index (χ4v) is 2.22. The number of carbonyl (C=O) groups is 1. The smallest absolute Gasteiger partial charge is 0.261 e. The average molecular weight is 251 g/mol. The third-order valence-corrected chi connectivity index (χ3v) is 3.31. The summed E-state index contributed by atoms with van der Waals surface area (Å²) in [6.45, 7) is 3.60. The van der Waals surface area contributed by atoms with Gasteiger partial charge in [-0.25, -0.2) is 9.37 Å². The molecule has 0 spiro atoms.